The second-order valence-electron chi connectivity index (χ2n) is 6.12. The largest absolute Gasteiger partial charge is 0.393 e. The minimum absolute atomic E-state index is 0.133. The fourth-order valence-corrected chi connectivity index (χ4v) is 3.65. The lowest BCUT2D eigenvalue weighted by atomic mass is 9.76. The van der Waals surface area contributed by atoms with Gasteiger partial charge in [-0.2, -0.15) is 13.2 Å². The lowest BCUT2D eigenvalue weighted by Crippen LogP contribution is -2.34. The molecule has 1 N–H and O–H groups in total. The van der Waals surface area contributed by atoms with Crippen molar-refractivity contribution in [3.8, 4) is 0 Å². The van der Waals surface area contributed by atoms with E-state index in [1.807, 2.05) is 0 Å². The molecular weight excluding hydrogens is 241 g/mol. The van der Waals surface area contributed by atoms with Crippen molar-refractivity contribution in [3.63, 3.8) is 0 Å². The van der Waals surface area contributed by atoms with E-state index < -0.39 is 18.2 Å². The molecule has 2 aliphatic carbocycles. The molecule has 1 nitrogen and oxygen atoms in total. The molecule has 0 aromatic heterocycles. The predicted octanol–water partition coefficient (Wildman–Crippen LogP) is 4.30. The minimum Gasteiger partial charge on any atom is -0.393 e. The Labute approximate surface area is 107 Å². The van der Waals surface area contributed by atoms with Crippen LogP contribution in [0.25, 0.3) is 0 Å². The summed E-state index contributed by atoms with van der Waals surface area (Å²) in [4.78, 5) is 0. The summed E-state index contributed by atoms with van der Waals surface area (Å²) in [5.41, 5.74) is 0. The molecule has 2 aliphatic rings. The molecule has 18 heavy (non-hydrogen) atoms. The Morgan fingerprint density at radius 2 is 1.67 bits per heavy atom. The average Bonchev–Trinajstić information content (AvgIpc) is 2.81. The summed E-state index contributed by atoms with van der Waals surface area (Å²) in [7, 11) is 0. The fraction of sp³-hybridized carbons (Fsp3) is 1.00. The summed E-state index contributed by atoms with van der Waals surface area (Å²) in [6.07, 6.45) is 2.60. The summed E-state index contributed by atoms with van der Waals surface area (Å²) in [5, 5.41) is 10.2. The third-order valence-corrected chi connectivity index (χ3v) is 4.77. The molecule has 0 saturated heterocycles. The molecule has 0 spiro atoms. The quantitative estimate of drug-likeness (QED) is 0.806. The summed E-state index contributed by atoms with van der Waals surface area (Å²) in [6.45, 7) is 0. The van der Waals surface area contributed by atoms with Gasteiger partial charge in [0.15, 0.2) is 0 Å². The number of aliphatic hydroxyl groups excluding tert-OH is 1. The summed E-state index contributed by atoms with van der Waals surface area (Å²) >= 11 is 0. The van der Waals surface area contributed by atoms with Crippen molar-refractivity contribution in [3.05, 3.63) is 0 Å². The van der Waals surface area contributed by atoms with Gasteiger partial charge in [0.1, 0.15) is 0 Å². The smallest absolute Gasteiger partial charge is 0.391 e. The van der Waals surface area contributed by atoms with E-state index in [1.165, 1.54) is 12.8 Å². The van der Waals surface area contributed by atoms with Gasteiger partial charge in [-0.05, 0) is 37.5 Å². The molecule has 3 atom stereocenters. The first-order valence-corrected chi connectivity index (χ1v) is 7.21. The molecule has 2 rings (SSSR count). The number of rotatable bonds is 3. The van der Waals surface area contributed by atoms with Gasteiger partial charge in [-0.25, -0.2) is 0 Å². The van der Waals surface area contributed by atoms with Gasteiger partial charge in [0.05, 0.1) is 12.0 Å². The van der Waals surface area contributed by atoms with Crippen LogP contribution in [0.2, 0.25) is 0 Å². The van der Waals surface area contributed by atoms with E-state index in [2.05, 4.69) is 0 Å². The van der Waals surface area contributed by atoms with Gasteiger partial charge in [0.2, 0.25) is 0 Å². The third kappa shape index (κ3) is 3.62. The number of alkyl halides is 3. The molecule has 0 aromatic carbocycles. The second-order valence-corrected chi connectivity index (χ2v) is 6.12. The van der Waals surface area contributed by atoms with Gasteiger partial charge in [-0.1, -0.05) is 32.1 Å². The van der Waals surface area contributed by atoms with Crippen LogP contribution >= 0.6 is 0 Å². The highest BCUT2D eigenvalue weighted by Crippen LogP contribution is 2.42. The number of aliphatic hydroxyl groups is 1. The van der Waals surface area contributed by atoms with Crippen molar-refractivity contribution in [1.82, 2.24) is 0 Å². The Morgan fingerprint density at radius 3 is 2.28 bits per heavy atom. The average molecular weight is 264 g/mol. The van der Waals surface area contributed by atoms with E-state index in [0.29, 0.717) is 12.3 Å². The standard InChI is InChI=1S/C14H23F3O/c15-14(16,17)12-7-3-6-11(9-12)13(18)8-10-4-1-2-5-10/h10-13,18H,1-9H2. The number of hydrogen-bond donors (Lipinski definition) is 1. The number of halogens is 3. The van der Waals surface area contributed by atoms with Crippen LogP contribution in [-0.2, 0) is 0 Å². The van der Waals surface area contributed by atoms with Gasteiger partial charge in [-0.15, -0.1) is 0 Å². The maximum atomic E-state index is 12.7. The Balaban J connectivity index is 1.83. The van der Waals surface area contributed by atoms with Crippen molar-refractivity contribution >= 4 is 0 Å². The van der Waals surface area contributed by atoms with E-state index in [1.54, 1.807) is 0 Å². The highest BCUT2D eigenvalue weighted by atomic mass is 19.4. The van der Waals surface area contributed by atoms with Crippen molar-refractivity contribution in [2.75, 3.05) is 0 Å². The maximum Gasteiger partial charge on any atom is 0.391 e. The van der Waals surface area contributed by atoms with Crippen molar-refractivity contribution in [2.24, 2.45) is 17.8 Å². The molecule has 0 heterocycles. The molecule has 0 bridgehead atoms. The second kappa shape index (κ2) is 5.81. The molecule has 3 unspecified atom stereocenters. The minimum atomic E-state index is -4.08. The van der Waals surface area contributed by atoms with Crippen LogP contribution in [0.5, 0.6) is 0 Å². The highest BCUT2D eigenvalue weighted by Gasteiger charge is 2.43. The van der Waals surface area contributed by atoms with Gasteiger partial charge in [0, 0.05) is 0 Å². The monoisotopic (exact) mass is 264 g/mol. The molecule has 4 heteroatoms. The lowest BCUT2D eigenvalue weighted by molar-refractivity contribution is -0.189. The maximum absolute atomic E-state index is 12.7. The van der Waals surface area contributed by atoms with Crippen LogP contribution < -0.4 is 0 Å². The molecule has 0 aromatic rings. The van der Waals surface area contributed by atoms with Crippen LogP contribution in [0, 0.1) is 17.8 Å². The van der Waals surface area contributed by atoms with Crippen LogP contribution in [0.15, 0.2) is 0 Å². The zero-order chi connectivity index (χ0) is 13.2. The van der Waals surface area contributed by atoms with Crippen LogP contribution in [0.1, 0.15) is 57.8 Å². The van der Waals surface area contributed by atoms with E-state index >= 15 is 0 Å². The fourth-order valence-electron chi connectivity index (χ4n) is 3.65. The molecular formula is C14H23F3O. The van der Waals surface area contributed by atoms with Gasteiger partial charge < -0.3 is 5.11 Å². The molecule has 106 valence electrons. The molecule has 0 aliphatic heterocycles. The number of hydrogen-bond acceptors (Lipinski definition) is 1. The SMILES string of the molecule is OC(CC1CCCC1)C1CCCC(C(F)(F)F)C1. The zero-order valence-electron chi connectivity index (χ0n) is 10.8. The zero-order valence-corrected chi connectivity index (χ0v) is 10.8. The Bertz CT molecular complexity index is 258. The van der Waals surface area contributed by atoms with Gasteiger partial charge >= 0.3 is 6.18 Å². The lowest BCUT2D eigenvalue weighted by Gasteiger charge is -2.34. The first kappa shape index (κ1) is 14.2. The first-order chi connectivity index (χ1) is 8.47. The van der Waals surface area contributed by atoms with Crippen molar-refractivity contribution < 1.29 is 18.3 Å². The summed E-state index contributed by atoms with van der Waals surface area (Å²) < 4.78 is 38.1. The third-order valence-electron chi connectivity index (χ3n) is 4.77. The van der Waals surface area contributed by atoms with Gasteiger partial charge in [0.25, 0.3) is 0 Å². The van der Waals surface area contributed by atoms with Crippen molar-refractivity contribution in [2.45, 2.75) is 70.1 Å². The first-order valence-electron chi connectivity index (χ1n) is 7.21. The molecule has 0 amide bonds. The van der Waals surface area contributed by atoms with Gasteiger partial charge in [-0.3, -0.25) is 0 Å². The summed E-state index contributed by atoms with van der Waals surface area (Å²) in [6, 6.07) is 0. The van der Waals surface area contributed by atoms with Crippen LogP contribution in [0.3, 0.4) is 0 Å². The Hall–Kier alpha value is -0.250. The Morgan fingerprint density at radius 1 is 1.00 bits per heavy atom. The highest BCUT2D eigenvalue weighted by molar-refractivity contribution is 4.83. The Kier molecular flexibility index (Phi) is 4.57. The van der Waals surface area contributed by atoms with Crippen molar-refractivity contribution in [1.29, 1.82) is 0 Å². The van der Waals surface area contributed by atoms with E-state index in [-0.39, 0.29) is 18.8 Å². The summed E-state index contributed by atoms with van der Waals surface area (Å²) in [5.74, 6) is -0.772. The van der Waals surface area contributed by atoms with Crippen LogP contribution in [0.4, 0.5) is 13.2 Å². The van der Waals surface area contributed by atoms with E-state index in [9.17, 15) is 18.3 Å². The predicted molar refractivity (Wildman–Crippen MR) is 64.1 cm³/mol. The van der Waals surface area contributed by atoms with E-state index in [4.69, 9.17) is 0 Å². The molecule has 2 saturated carbocycles. The normalized spacial score (nSPS) is 32.7. The van der Waals surface area contributed by atoms with Crippen LogP contribution in [-0.4, -0.2) is 17.4 Å². The topological polar surface area (TPSA) is 20.2 Å². The molecule has 0 radical (unpaired) electrons. The van der Waals surface area contributed by atoms with E-state index in [0.717, 1.165) is 25.7 Å². The molecule has 2 fully saturated rings.